The Bertz CT molecular complexity index is 747. The van der Waals surface area contributed by atoms with Crippen molar-refractivity contribution < 1.29 is 19.0 Å². The van der Waals surface area contributed by atoms with Gasteiger partial charge in [0.05, 0.1) is 20.8 Å². The van der Waals surface area contributed by atoms with Crippen molar-refractivity contribution >= 4 is 11.9 Å². The zero-order valence-corrected chi connectivity index (χ0v) is 16.4. The van der Waals surface area contributed by atoms with E-state index in [1.165, 1.54) is 19.3 Å². The molecule has 0 aliphatic carbocycles. The Labute approximate surface area is 161 Å². The molecule has 0 aromatic heterocycles. The van der Waals surface area contributed by atoms with Crippen LogP contribution in [0.3, 0.4) is 0 Å². The molecule has 0 heterocycles. The molecule has 4 nitrogen and oxygen atoms in total. The number of rotatable bonds is 11. The van der Waals surface area contributed by atoms with Crippen molar-refractivity contribution in [2.75, 3.05) is 20.8 Å². The van der Waals surface area contributed by atoms with Gasteiger partial charge in [-0.2, -0.15) is 0 Å². The van der Waals surface area contributed by atoms with Crippen LogP contribution in [0, 0.1) is 0 Å². The van der Waals surface area contributed by atoms with Crippen LogP contribution in [0.1, 0.15) is 48.5 Å². The van der Waals surface area contributed by atoms with Crippen molar-refractivity contribution in [2.24, 2.45) is 0 Å². The second-order valence-electron chi connectivity index (χ2n) is 6.24. The fourth-order valence-corrected chi connectivity index (χ4v) is 2.65. The lowest BCUT2D eigenvalue weighted by atomic mass is 10.1. The standard InChI is InChI=1S/C23H28O4/c1-4-5-6-7-16-27-20-12-8-18(9-13-20)22(24)15-11-19-10-14-21(25-2)17-23(19)26-3/h8-15,17H,4-7,16H2,1-3H3. The lowest BCUT2D eigenvalue weighted by molar-refractivity contribution is 0.104. The van der Waals surface area contributed by atoms with Gasteiger partial charge in [0.2, 0.25) is 0 Å². The van der Waals surface area contributed by atoms with Crippen LogP contribution >= 0.6 is 0 Å². The van der Waals surface area contributed by atoms with E-state index in [2.05, 4.69) is 6.92 Å². The first-order chi connectivity index (χ1) is 13.2. The topological polar surface area (TPSA) is 44.8 Å². The van der Waals surface area contributed by atoms with E-state index < -0.39 is 0 Å². The van der Waals surface area contributed by atoms with Gasteiger partial charge in [-0.3, -0.25) is 4.79 Å². The summed E-state index contributed by atoms with van der Waals surface area (Å²) in [7, 11) is 3.20. The van der Waals surface area contributed by atoms with Crippen molar-refractivity contribution in [3.05, 3.63) is 59.7 Å². The Kier molecular flexibility index (Phi) is 8.43. The quantitative estimate of drug-likeness (QED) is 0.296. The second-order valence-corrected chi connectivity index (χ2v) is 6.24. The minimum absolute atomic E-state index is 0.0673. The van der Waals surface area contributed by atoms with Gasteiger partial charge >= 0.3 is 0 Å². The lowest BCUT2D eigenvalue weighted by Crippen LogP contribution is -1.98. The number of hydrogen-bond donors (Lipinski definition) is 0. The highest BCUT2D eigenvalue weighted by atomic mass is 16.5. The van der Waals surface area contributed by atoms with E-state index in [1.807, 2.05) is 24.3 Å². The number of carbonyl (C=O) groups excluding carboxylic acids is 1. The summed E-state index contributed by atoms with van der Waals surface area (Å²) in [4.78, 5) is 12.4. The normalized spacial score (nSPS) is 10.8. The molecular weight excluding hydrogens is 340 g/mol. The van der Waals surface area contributed by atoms with Crippen molar-refractivity contribution in [2.45, 2.75) is 32.6 Å². The molecule has 0 unspecified atom stereocenters. The maximum atomic E-state index is 12.4. The minimum Gasteiger partial charge on any atom is -0.497 e. The average molecular weight is 368 g/mol. The van der Waals surface area contributed by atoms with Crippen LogP contribution in [0.2, 0.25) is 0 Å². The van der Waals surface area contributed by atoms with Crippen molar-refractivity contribution in [3.63, 3.8) is 0 Å². The number of allylic oxidation sites excluding steroid dienone is 1. The third-order valence-electron chi connectivity index (χ3n) is 4.26. The van der Waals surface area contributed by atoms with Crippen molar-refractivity contribution in [1.82, 2.24) is 0 Å². The molecule has 27 heavy (non-hydrogen) atoms. The molecule has 0 N–H and O–H groups in total. The van der Waals surface area contributed by atoms with Gasteiger partial charge in [-0.15, -0.1) is 0 Å². The summed E-state index contributed by atoms with van der Waals surface area (Å²) in [5, 5.41) is 0. The Hall–Kier alpha value is -2.75. The summed E-state index contributed by atoms with van der Waals surface area (Å²) < 4.78 is 16.2. The Balaban J connectivity index is 1.94. The van der Waals surface area contributed by atoms with Crippen LogP contribution in [-0.2, 0) is 0 Å². The summed E-state index contributed by atoms with van der Waals surface area (Å²) in [6.07, 6.45) is 7.99. The first-order valence-electron chi connectivity index (χ1n) is 9.35. The number of ether oxygens (including phenoxy) is 3. The number of methoxy groups -OCH3 is 2. The van der Waals surface area contributed by atoms with Gasteiger partial charge in [-0.05, 0) is 55.0 Å². The van der Waals surface area contributed by atoms with Crippen molar-refractivity contribution in [1.29, 1.82) is 0 Å². The average Bonchev–Trinajstić information content (AvgIpc) is 2.72. The van der Waals surface area contributed by atoms with E-state index in [9.17, 15) is 4.79 Å². The lowest BCUT2D eigenvalue weighted by Gasteiger charge is -2.07. The van der Waals surface area contributed by atoms with Gasteiger partial charge in [-0.1, -0.05) is 26.2 Å². The number of hydrogen-bond acceptors (Lipinski definition) is 4. The molecule has 4 heteroatoms. The van der Waals surface area contributed by atoms with Crippen LogP contribution < -0.4 is 14.2 Å². The predicted octanol–water partition coefficient (Wildman–Crippen LogP) is 5.56. The van der Waals surface area contributed by atoms with Crippen LogP contribution in [0.25, 0.3) is 6.08 Å². The predicted molar refractivity (Wildman–Crippen MR) is 109 cm³/mol. The van der Waals surface area contributed by atoms with Crippen LogP contribution in [0.4, 0.5) is 0 Å². The van der Waals surface area contributed by atoms with Gasteiger partial charge in [-0.25, -0.2) is 0 Å². The highest BCUT2D eigenvalue weighted by Gasteiger charge is 2.05. The van der Waals surface area contributed by atoms with Gasteiger partial charge in [0.1, 0.15) is 17.2 Å². The summed E-state index contributed by atoms with van der Waals surface area (Å²) in [5.74, 6) is 2.09. The number of ketones is 1. The molecule has 0 aliphatic heterocycles. The number of unbranched alkanes of at least 4 members (excludes halogenated alkanes) is 3. The van der Waals surface area contributed by atoms with Crippen molar-refractivity contribution in [3.8, 4) is 17.2 Å². The molecule has 2 aromatic carbocycles. The smallest absolute Gasteiger partial charge is 0.185 e. The summed E-state index contributed by atoms with van der Waals surface area (Å²) in [6.45, 7) is 2.90. The fraction of sp³-hybridized carbons (Fsp3) is 0.348. The number of benzene rings is 2. The molecule has 2 aromatic rings. The third-order valence-corrected chi connectivity index (χ3v) is 4.26. The first kappa shape index (κ1) is 20.6. The highest BCUT2D eigenvalue weighted by molar-refractivity contribution is 6.07. The van der Waals surface area contributed by atoms with Gasteiger partial charge in [0, 0.05) is 17.2 Å². The van der Waals surface area contributed by atoms with E-state index in [-0.39, 0.29) is 5.78 Å². The maximum Gasteiger partial charge on any atom is 0.185 e. The van der Waals surface area contributed by atoms with E-state index in [1.54, 1.807) is 44.6 Å². The monoisotopic (exact) mass is 368 g/mol. The molecule has 0 saturated heterocycles. The Morgan fingerprint density at radius 2 is 1.67 bits per heavy atom. The van der Waals surface area contributed by atoms with Crippen LogP contribution in [0.5, 0.6) is 17.2 Å². The van der Waals surface area contributed by atoms with Crippen LogP contribution in [0.15, 0.2) is 48.5 Å². The first-order valence-corrected chi connectivity index (χ1v) is 9.35. The fourth-order valence-electron chi connectivity index (χ4n) is 2.65. The van der Waals surface area contributed by atoms with E-state index in [0.717, 1.165) is 17.7 Å². The molecule has 0 aliphatic rings. The molecular formula is C23H28O4. The minimum atomic E-state index is -0.0673. The molecule has 0 saturated carbocycles. The van der Waals surface area contributed by atoms with Gasteiger partial charge in [0.15, 0.2) is 5.78 Å². The zero-order valence-electron chi connectivity index (χ0n) is 16.4. The van der Waals surface area contributed by atoms with E-state index >= 15 is 0 Å². The largest absolute Gasteiger partial charge is 0.497 e. The van der Waals surface area contributed by atoms with E-state index in [0.29, 0.717) is 23.7 Å². The Morgan fingerprint density at radius 1 is 0.926 bits per heavy atom. The Morgan fingerprint density at radius 3 is 2.33 bits per heavy atom. The third kappa shape index (κ3) is 6.48. The molecule has 0 bridgehead atoms. The molecule has 0 amide bonds. The van der Waals surface area contributed by atoms with E-state index in [4.69, 9.17) is 14.2 Å². The zero-order chi connectivity index (χ0) is 19.5. The van der Waals surface area contributed by atoms with Crippen LogP contribution in [-0.4, -0.2) is 26.6 Å². The van der Waals surface area contributed by atoms with Gasteiger partial charge in [0.25, 0.3) is 0 Å². The highest BCUT2D eigenvalue weighted by Crippen LogP contribution is 2.25. The molecule has 0 radical (unpaired) electrons. The summed E-state index contributed by atoms with van der Waals surface area (Å²) in [6, 6.07) is 12.7. The molecule has 0 atom stereocenters. The molecule has 0 spiro atoms. The summed E-state index contributed by atoms with van der Waals surface area (Å²) in [5.41, 5.74) is 1.44. The SMILES string of the molecule is CCCCCCOc1ccc(C(=O)C=Cc2ccc(OC)cc2OC)cc1. The molecule has 0 fully saturated rings. The molecule has 2 rings (SSSR count). The summed E-state index contributed by atoms with van der Waals surface area (Å²) >= 11 is 0. The van der Waals surface area contributed by atoms with Gasteiger partial charge < -0.3 is 14.2 Å². The second kappa shape index (κ2) is 11.1. The maximum absolute atomic E-state index is 12.4. The molecule has 144 valence electrons. The number of carbonyl (C=O) groups is 1.